The van der Waals surface area contributed by atoms with Gasteiger partial charge in [-0.1, -0.05) is 6.07 Å². The summed E-state index contributed by atoms with van der Waals surface area (Å²) in [4.78, 5) is 23.8. The first kappa shape index (κ1) is 18.4. The highest BCUT2D eigenvalue weighted by Gasteiger charge is 2.49. The lowest BCUT2D eigenvalue weighted by atomic mass is 9.79. The zero-order valence-electron chi connectivity index (χ0n) is 15.4. The van der Waals surface area contributed by atoms with Crippen LogP contribution in [0.25, 0.3) is 0 Å². The third-order valence-electron chi connectivity index (χ3n) is 5.25. The van der Waals surface area contributed by atoms with Crippen molar-refractivity contribution < 1.29 is 28.5 Å². The summed E-state index contributed by atoms with van der Waals surface area (Å²) < 4.78 is 21.3. The molecule has 0 aromatic heterocycles. The van der Waals surface area contributed by atoms with E-state index < -0.39 is 17.7 Å². The molecule has 3 rings (SSSR count). The van der Waals surface area contributed by atoms with Crippen LogP contribution in [-0.4, -0.2) is 45.0 Å². The molecule has 2 aliphatic rings. The summed E-state index contributed by atoms with van der Waals surface area (Å²) in [6, 6.07) is 5.57. The summed E-state index contributed by atoms with van der Waals surface area (Å²) in [7, 11) is 2.81. The molecule has 1 aliphatic heterocycles. The second-order valence-electron chi connectivity index (χ2n) is 6.98. The van der Waals surface area contributed by atoms with E-state index in [2.05, 4.69) is 10.1 Å². The third kappa shape index (κ3) is 3.43. The lowest BCUT2D eigenvalue weighted by Gasteiger charge is -2.29. The van der Waals surface area contributed by atoms with E-state index in [-0.39, 0.29) is 12.0 Å². The highest BCUT2D eigenvalue weighted by Crippen LogP contribution is 2.39. The lowest BCUT2D eigenvalue weighted by Crippen LogP contribution is -2.40. The fraction of sp³-hybridized carbons (Fsp3) is 0.579. The van der Waals surface area contributed by atoms with Gasteiger partial charge in [0.2, 0.25) is 0 Å². The summed E-state index contributed by atoms with van der Waals surface area (Å²) in [6.45, 7) is 2.22. The van der Waals surface area contributed by atoms with Crippen molar-refractivity contribution >= 4 is 12.1 Å². The highest BCUT2D eigenvalue weighted by molar-refractivity contribution is 5.87. The first-order chi connectivity index (χ1) is 12.5. The highest BCUT2D eigenvalue weighted by atomic mass is 16.7. The minimum absolute atomic E-state index is 0.178. The van der Waals surface area contributed by atoms with Crippen LogP contribution in [-0.2, 0) is 19.7 Å². The fourth-order valence-electron chi connectivity index (χ4n) is 3.64. The van der Waals surface area contributed by atoms with Crippen LogP contribution in [0, 0.1) is 0 Å². The summed E-state index contributed by atoms with van der Waals surface area (Å²) in [5, 5.41) is 2.77. The van der Waals surface area contributed by atoms with Crippen molar-refractivity contribution in [2.45, 2.75) is 50.2 Å². The maximum Gasteiger partial charge on any atom is 0.508 e. The standard InChI is InChI=1S/C19H25NO6/c1-19(11-20-17(21)16(19)26-18(22)24-3)12-8-9-14(23-2)15(10-12)25-13-6-4-5-7-13/h8-10,13,16H,4-7,11H2,1-3H3,(H,20,21). The molecule has 0 spiro atoms. The number of rotatable bonds is 5. The average Bonchev–Trinajstić information content (AvgIpc) is 3.25. The number of nitrogens with one attached hydrogen (secondary N) is 1. The molecule has 1 saturated carbocycles. The number of ether oxygens (including phenoxy) is 4. The van der Waals surface area contributed by atoms with E-state index >= 15 is 0 Å². The Hall–Kier alpha value is -2.44. The third-order valence-corrected chi connectivity index (χ3v) is 5.25. The molecule has 2 fully saturated rings. The van der Waals surface area contributed by atoms with Gasteiger partial charge in [0.25, 0.3) is 5.91 Å². The van der Waals surface area contributed by atoms with Crippen molar-refractivity contribution in [3.8, 4) is 11.5 Å². The van der Waals surface area contributed by atoms with Gasteiger partial charge in [-0.2, -0.15) is 0 Å². The molecule has 1 aromatic rings. The van der Waals surface area contributed by atoms with E-state index in [4.69, 9.17) is 14.2 Å². The Bertz CT molecular complexity index is 685. The zero-order valence-corrected chi connectivity index (χ0v) is 15.4. The smallest absolute Gasteiger partial charge is 0.493 e. The topological polar surface area (TPSA) is 83.1 Å². The molecule has 2 unspecified atom stereocenters. The van der Waals surface area contributed by atoms with Gasteiger partial charge in [0.05, 0.1) is 25.7 Å². The minimum atomic E-state index is -0.970. The maximum atomic E-state index is 12.2. The van der Waals surface area contributed by atoms with Crippen molar-refractivity contribution in [2.24, 2.45) is 0 Å². The minimum Gasteiger partial charge on any atom is -0.493 e. The van der Waals surface area contributed by atoms with Crippen LogP contribution in [0.2, 0.25) is 0 Å². The van der Waals surface area contributed by atoms with Gasteiger partial charge in [0.15, 0.2) is 17.6 Å². The van der Waals surface area contributed by atoms with Gasteiger partial charge in [-0.05, 0) is 50.3 Å². The number of amides is 1. The van der Waals surface area contributed by atoms with Crippen molar-refractivity contribution in [1.82, 2.24) is 5.32 Å². The number of methoxy groups -OCH3 is 2. The number of carbonyl (C=O) groups excluding carboxylic acids is 2. The predicted molar refractivity (Wildman–Crippen MR) is 93.5 cm³/mol. The maximum absolute atomic E-state index is 12.2. The van der Waals surface area contributed by atoms with Crippen LogP contribution in [0.4, 0.5) is 4.79 Å². The summed E-state index contributed by atoms with van der Waals surface area (Å²) >= 11 is 0. The van der Waals surface area contributed by atoms with E-state index in [1.54, 1.807) is 7.11 Å². The van der Waals surface area contributed by atoms with E-state index in [9.17, 15) is 9.59 Å². The van der Waals surface area contributed by atoms with Gasteiger partial charge in [-0.15, -0.1) is 0 Å². The number of benzene rings is 1. The SMILES string of the molecule is COC(=O)OC1C(=O)NCC1(C)c1ccc(OC)c(OC2CCCC2)c1. The van der Waals surface area contributed by atoms with Gasteiger partial charge < -0.3 is 24.3 Å². The summed E-state index contributed by atoms with van der Waals surface area (Å²) in [6.07, 6.45) is 2.71. The molecule has 7 nitrogen and oxygen atoms in total. The van der Waals surface area contributed by atoms with Gasteiger partial charge in [0, 0.05) is 6.54 Å². The van der Waals surface area contributed by atoms with Crippen LogP contribution < -0.4 is 14.8 Å². The van der Waals surface area contributed by atoms with Crippen molar-refractivity contribution in [3.05, 3.63) is 23.8 Å². The first-order valence-corrected chi connectivity index (χ1v) is 8.85. The lowest BCUT2D eigenvalue weighted by molar-refractivity contribution is -0.129. The van der Waals surface area contributed by atoms with Crippen LogP contribution in [0.15, 0.2) is 18.2 Å². The predicted octanol–water partition coefficient (Wildman–Crippen LogP) is 2.56. The fourth-order valence-corrected chi connectivity index (χ4v) is 3.64. The summed E-state index contributed by atoms with van der Waals surface area (Å²) in [5.41, 5.74) is 0.101. The van der Waals surface area contributed by atoms with Gasteiger partial charge in [-0.25, -0.2) is 4.79 Å². The molecule has 1 amide bonds. The van der Waals surface area contributed by atoms with Gasteiger partial charge in [0.1, 0.15) is 0 Å². The van der Waals surface area contributed by atoms with Gasteiger partial charge >= 0.3 is 6.16 Å². The molecule has 0 bridgehead atoms. The molecule has 1 aliphatic carbocycles. The van der Waals surface area contributed by atoms with E-state index in [0.717, 1.165) is 31.2 Å². The van der Waals surface area contributed by atoms with Crippen molar-refractivity contribution in [2.75, 3.05) is 20.8 Å². The molecule has 0 radical (unpaired) electrons. The molecule has 142 valence electrons. The Labute approximate surface area is 152 Å². The molecule has 2 atom stereocenters. The van der Waals surface area contributed by atoms with Crippen LogP contribution in [0.5, 0.6) is 11.5 Å². The van der Waals surface area contributed by atoms with Crippen molar-refractivity contribution in [1.29, 1.82) is 0 Å². The zero-order chi connectivity index (χ0) is 18.7. The molecule has 7 heteroatoms. The second-order valence-corrected chi connectivity index (χ2v) is 6.98. The molecule has 1 heterocycles. The second kappa shape index (κ2) is 7.43. The van der Waals surface area contributed by atoms with E-state index in [1.807, 2.05) is 25.1 Å². The largest absolute Gasteiger partial charge is 0.508 e. The normalized spacial score (nSPS) is 25.7. The molecule has 1 aromatic carbocycles. The number of hydrogen-bond donors (Lipinski definition) is 1. The Balaban J connectivity index is 1.90. The van der Waals surface area contributed by atoms with E-state index in [1.165, 1.54) is 7.11 Å². The van der Waals surface area contributed by atoms with Gasteiger partial charge in [-0.3, -0.25) is 4.79 Å². The Morgan fingerprint density at radius 2 is 1.92 bits per heavy atom. The Kier molecular flexibility index (Phi) is 5.25. The Morgan fingerprint density at radius 3 is 2.58 bits per heavy atom. The van der Waals surface area contributed by atoms with Crippen LogP contribution in [0.1, 0.15) is 38.2 Å². The van der Waals surface area contributed by atoms with Crippen LogP contribution >= 0.6 is 0 Å². The number of hydrogen-bond acceptors (Lipinski definition) is 6. The Morgan fingerprint density at radius 1 is 1.19 bits per heavy atom. The van der Waals surface area contributed by atoms with E-state index in [0.29, 0.717) is 18.0 Å². The molecule has 1 saturated heterocycles. The molecule has 26 heavy (non-hydrogen) atoms. The first-order valence-electron chi connectivity index (χ1n) is 8.85. The monoisotopic (exact) mass is 363 g/mol. The molecule has 1 N–H and O–H groups in total. The molecular weight excluding hydrogens is 338 g/mol. The molecular formula is C19H25NO6. The summed E-state index contributed by atoms with van der Waals surface area (Å²) in [5.74, 6) is 0.952. The average molecular weight is 363 g/mol. The van der Waals surface area contributed by atoms with Crippen LogP contribution in [0.3, 0.4) is 0 Å². The quantitative estimate of drug-likeness (QED) is 0.810. The number of carbonyl (C=O) groups is 2. The van der Waals surface area contributed by atoms with Crippen molar-refractivity contribution in [3.63, 3.8) is 0 Å².